The third kappa shape index (κ3) is 3.70. The Morgan fingerprint density at radius 3 is 2.58 bits per heavy atom. The van der Waals surface area contributed by atoms with E-state index in [1.165, 1.54) is 0 Å². The summed E-state index contributed by atoms with van der Waals surface area (Å²) in [6, 6.07) is 9.19. The smallest absolute Gasteiger partial charge is 0.312 e. The number of amides is 1. The molecule has 1 aliphatic rings. The van der Waals surface area contributed by atoms with Gasteiger partial charge in [0.05, 0.1) is 5.92 Å². The number of carbonyl (C=O) groups excluding carboxylic acids is 2. The summed E-state index contributed by atoms with van der Waals surface area (Å²) in [5, 5.41) is 9.49. The molecule has 2 aromatic rings. The van der Waals surface area contributed by atoms with E-state index < -0.39 is 11.9 Å². The highest BCUT2D eigenvalue weighted by Crippen LogP contribution is 2.29. The summed E-state index contributed by atoms with van der Waals surface area (Å²) in [5.41, 5.74) is 2.31. The summed E-state index contributed by atoms with van der Waals surface area (Å²) in [4.78, 5) is 40.2. The van der Waals surface area contributed by atoms with Crippen molar-refractivity contribution in [3.05, 3.63) is 56.8 Å². The molecule has 26 heavy (non-hydrogen) atoms. The van der Waals surface area contributed by atoms with E-state index in [0.29, 0.717) is 12.1 Å². The molecule has 6 heteroatoms. The molecule has 2 heterocycles. The number of carbonyl (C=O) groups is 3. The second-order valence-corrected chi connectivity index (χ2v) is 8.07. The molecule has 1 aliphatic heterocycles. The highest BCUT2D eigenvalue weighted by Gasteiger charge is 2.32. The minimum Gasteiger partial charge on any atom is -0.481 e. The fourth-order valence-electron chi connectivity index (χ4n) is 3.43. The molecular weight excluding hydrogens is 350 g/mol. The van der Waals surface area contributed by atoms with E-state index in [1.54, 1.807) is 22.3 Å². The van der Waals surface area contributed by atoms with Crippen LogP contribution in [0.2, 0.25) is 0 Å². The van der Waals surface area contributed by atoms with Crippen molar-refractivity contribution < 1.29 is 19.5 Å². The largest absolute Gasteiger partial charge is 0.481 e. The van der Waals surface area contributed by atoms with Crippen LogP contribution >= 0.6 is 11.3 Å². The number of Topliss-reactive ketones (excluding diaryl/α,β-unsaturated/α-hetero) is 1. The van der Waals surface area contributed by atoms with Crippen LogP contribution in [0.15, 0.2) is 30.3 Å². The van der Waals surface area contributed by atoms with Crippen LogP contribution in [0.3, 0.4) is 0 Å². The number of ketones is 1. The minimum absolute atomic E-state index is 0.0348. The summed E-state index contributed by atoms with van der Waals surface area (Å²) in [5.74, 6) is -1.87. The number of hydrogen-bond donors (Lipinski definition) is 1. The molecule has 1 atom stereocenters. The number of rotatable bonds is 5. The first-order chi connectivity index (χ1) is 12.4. The van der Waals surface area contributed by atoms with Gasteiger partial charge in [0.15, 0.2) is 5.78 Å². The maximum Gasteiger partial charge on any atom is 0.312 e. The van der Waals surface area contributed by atoms with Crippen LogP contribution in [0.1, 0.15) is 50.0 Å². The third-order valence-corrected chi connectivity index (χ3v) is 5.72. The molecule has 0 saturated heterocycles. The topological polar surface area (TPSA) is 74.7 Å². The van der Waals surface area contributed by atoms with Gasteiger partial charge in [0.1, 0.15) is 0 Å². The van der Waals surface area contributed by atoms with E-state index in [-0.39, 0.29) is 31.1 Å². The van der Waals surface area contributed by atoms with Gasteiger partial charge in [0.25, 0.3) is 0 Å². The van der Waals surface area contributed by atoms with Crippen molar-refractivity contribution in [2.24, 2.45) is 0 Å². The van der Waals surface area contributed by atoms with Crippen LogP contribution in [0, 0.1) is 13.8 Å². The lowest BCUT2D eigenvalue weighted by atomic mass is 9.89. The number of hydrogen-bond acceptors (Lipinski definition) is 4. The Labute approximate surface area is 156 Å². The second-order valence-electron chi connectivity index (χ2n) is 6.61. The standard InChI is InChI=1S/C20H21NO4S/c1-12-9-16(13(2)26-12)18(22)7-8-19(23)21-10-14-5-3-4-6-15(14)17(11-21)20(24)25/h3-6,9,17H,7-8,10-11H2,1-2H3,(H,24,25). The van der Waals surface area contributed by atoms with Crippen LogP contribution in [-0.2, 0) is 16.1 Å². The Morgan fingerprint density at radius 2 is 1.92 bits per heavy atom. The molecule has 1 N–H and O–H groups in total. The molecule has 1 aromatic carbocycles. The first kappa shape index (κ1) is 18.3. The summed E-state index contributed by atoms with van der Waals surface area (Å²) in [6.07, 6.45) is 0.243. The first-order valence-corrected chi connectivity index (χ1v) is 9.37. The SMILES string of the molecule is Cc1cc(C(=O)CCC(=O)N2Cc3ccccc3C(C(=O)O)C2)c(C)s1. The number of nitrogens with zero attached hydrogens (tertiary/aromatic N) is 1. The van der Waals surface area contributed by atoms with Crippen LogP contribution in [0.4, 0.5) is 0 Å². The summed E-state index contributed by atoms with van der Waals surface area (Å²) < 4.78 is 0. The minimum atomic E-state index is -0.935. The van der Waals surface area contributed by atoms with Gasteiger partial charge in [-0.3, -0.25) is 14.4 Å². The Hall–Kier alpha value is -2.47. The van der Waals surface area contributed by atoms with Crippen molar-refractivity contribution in [3.63, 3.8) is 0 Å². The number of fused-ring (bicyclic) bond motifs is 1. The lowest BCUT2D eigenvalue weighted by Gasteiger charge is -2.32. The molecule has 1 amide bonds. The molecule has 136 valence electrons. The van der Waals surface area contributed by atoms with Gasteiger partial charge in [-0.1, -0.05) is 24.3 Å². The van der Waals surface area contributed by atoms with Gasteiger partial charge in [-0.2, -0.15) is 0 Å². The maximum atomic E-state index is 12.6. The molecule has 1 unspecified atom stereocenters. The van der Waals surface area contributed by atoms with E-state index in [9.17, 15) is 19.5 Å². The first-order valence-electron chi connectivity index (χ1n) is 8.55. The number of thiophene rings is 1. The van der Waals surface area contributed by atoms with Crippen molar-refractivity contribution in [3.8, 4) is 0 Å². The van der Waals surface area contributed by atoms with Crippen molar-refractivity contribution in [1.82, 2.24) is 4.90 Å². The Morgan fingerprint density at radius 1 is 1.19 bits per heavy atom. The molecule has 0 saturated carbocycles. The molecule has 0 aliphatic carbocycles. The summed E-state index contributed by atoms with van der Waals surface area (Å²) in [7, 11) is 0. The predicted octanol–water partition coefficient (Wildman–Crippen LogP) is 3.54. The number of carboxylic acids is 1. The van der Waals surface area contributed by atoms with Crippen LogP contribution in [0.25, 0.3) is 0 Å². The molecule has 0 bridgehead atoms. The van der Waals surface area contributed by atoms with Gasteiger partial charge < -0.3 is 10.0 Å². The zero-order valence-corrected chi connectivity index (χ0v) is 15.6. The van der Waals surface area contributed by atoms with Crippen LogP contribution < -0.4 is 0 Å². The predicted molar refractivity (Wildman–Crippen MR) is 99.6 cm³/mol. The Balaban J connectivity index is 1.68. The van der Waals surface area contributed by atoms with Gasteiger partial charge in [-0.05, 0) is 31.0 Å². The fraction of sp³-hybridized carbons (Fsp3) is 0.350. The van der Waals surface area contributed by atoms with Gasteiger partial charge >= 0.3 is 5.97 Å². The average molecular weight is 371 g/mol. The highest BCUT2D eigenvalue weighted by molar-refractivity contribution is 7.12. The second kappa shape index (κ2) is 7.41. The third-order valence-electron chi connectivity index (χ3n) is 4.75. The van der Waals surface area contributed by atoms with Gasteiger partial charge in [-0.15, -0.1) is 11.3 Å². The lowest BCUT2D eigenvalue weighted by molar-refractivity contribution is -0.141. The van der Waals surface area contributed by atoms with Gasteiger partial charge in [0, 0.05) is 41.2 Å². The summed E-state index contributed by atoms with van der Waals surface area (Å²) in [6.45, 7) is 4.40. The van der Waals surface area contributed by atoms with E-state index in [1.807, 2.05) is 38.1 Å². The average Bonchev–Trinajstić information content (AvgIpc) is 2.96. The number of carboxylic acid groups (broad SMARTS) is 1. The normalized spacial score (nSPS) is 16.2. The molecule has 0 fully saturated rings. The molecular formula is C20H21NO4S. The zero-order chi connectivity index (χ0) is 18.8. The van der Waals surface area contributed by atoms with Crippen molar-refractivity contribution >= 4 is 29.0 Å². The molecule has 0 spiro atoms. The number of aliphatic carboxylic acids is 1. The zero-order valence-electron chi connectivity index (χ0n) is 14.8. The Kier molecular flexibility index (Phi) is 5.23. The number of benzene rings is 1. The highest BCUT2D eigenvalue weighted by atomic mass is 32.1. The van der Waals surface area contributed by atoms with E-state index in [4.69, 9.17) is 0 Å². The van der Waals surface area contributed by atoms with Gasteiger partial charge in [-0.25, -0.2) is 0 Å². The van der Waals surface area contributed by atoms with E-state index >= 15 is 0 Å². The fourth-order valence-corrected chi connectivity index (χ4v) is 4.37. The van der Waals surface area contributed by atoms with Crippen LogP contribution in [-0.4, -0.2) is 34.2 Å². The quantitative estimate of drug-likeness (QED) is 0.816. The van der Waals surface area contributed by atoms with Crippen molar-refractivity contribution in [1.29, 1.82) is 0 Å². The van der Waals surface area contributed by atoms with Gasteiger partial charge in [0.2, 0.25) is 5.91 Å². The monoisotopic (exact) mass is 371 g/mol. The van der Waals surface area contributed by atoms with E-state index in [0.717, 1.165) is 20.9 Å². The molecule has 5 nitrogen and oxygen atoms in total. The van der Waals surface area contributed by atoms with Crippen molar-refractivity contribution in [2.75, 3.05) is 6.54 Å². The number of aryl methyl sites for hydroxylation is 2. The van der Waals surface area contributed by atoms with E-state index in [2.05, 4.69) is 0 Å². The summed E-state index contributed by atoms with van der Waals surface area (Å²) >= 11 is 1.57. The maximum absolute atomic E-state index is 12.6. The molecule has 0 radical (unpaired) electrons. The lowest BCUT2D eigenvalue weighted by Crippen LogP contribution is -2.40. The van der Waals surface area contributed by atoms with Crippen LogP contribution in [0.5, 0.6) is 0 Å². The van der Waals surface area contributed by atoms with Crippen molar-refractivity contribution in [2.45, 2.75) is 39.2 Å². The molecule has 1 aromatic heterocycles. The molecule has 3 rings (SSSR count). The Bertz CT molecular complexity index is 870.